The molecule has 74 valence electrons. The minimum absolute atomic E-state index is 0.129. The molecular formula is C12H14O2. The first-order valence-electron chi connectivity index (χ1n) is 4.97. The van der Waals surface area contributed by atoms with E-state index in [0.717, 1.165) is 18.4 Å². The van der Waals surface area contributed by atoms with Crippen LogP contribution in [0, 0.1) is 12.8 Å². The van der Waals surface area contributed by atoms with Crippen LogP contribution in [0.5, 0.6) is 0 Å². The number of carbonyl (C=O) groups is 1. The summed E-state index contributed by atoms with van der Waals surface area (Å²) in [5.74, 6) is 0.0826. The van der Waals surface area contributed by atoms with Crippen molar-refractivity contribution in [2.75, 3.05) is 0 Å². The summed E-state index contributed by atoms with van der Waals surface area (Å²) in [6.45, 7) is 1.94. The summed E-state index contributed by atoms with van der Waals surface area (Å²) in [5.41, 5.74) is 1.68. The standard InChI is InChI=1S/C12H14O2/c1-8-3-2-4-10(7-8)12(14)11(13)9-5-6-9/h2-4,7,9,11,13H,5-6H2,1H3. The van der Waals surface area contributed by atoms with Gasteiger partial charge in [-0.2, -0.15) is 0 Å². The van der Waals surface area contributed by atoms with Crippen molar-refractivity contribution in [1.82, 2.24) is 0 Å². The Morgan fingerprint density at radius 3 is 2.79 bits per heavy atom. The van der Waals surface area contributed by atoms with Gasteiger partial charge in [0.25, 0.3) is 0 Å². The van der Waals surface area contributed by atoms with Gasteiger partial charge in [-0.15, -0.1) is 0 Å². The van der Waals surface area contributed by atoms with Gasteiger partial charge in [-0.1, -0.05) is 23.8 Å². The number of hydrogen-bond acceptors (Lipinski definition) is 2. The molecule has 1 unspecified atom stereocenters. The summed E-state index contributed by atoms with van der Waals surface area (Å²) in [4.78, 5) is 11.7. The normalized spacial score (nSPS) is 17.9. The first-order valence-corrected chi connectivity index (χ1v) is 4.97. The number of aryl methyl sites for hydroxylation is 1. The highest BCUT2D eigenvalue weighted by Crippen LogP contribution is 2.33. The fraction of sp³-hybridized carbons (Fsp3) is 0.417. The molecule has 1 N–H and O–H groups in total. The molecule has 1 atom stereocenters. The summed E-state index contributed by atoms with van der Waals surface area (Å²) in [6, 6.07) is 7.39. The van der Waals surface area contributed by atoms with Crippen molar-refractivity contribution in [3.8, 4) is 0 Å². The van der Waals surface area contributed by atoms with Crippen LogP contribution in [0.1, 0.15) is 28.8 Å². The van der Waals surface area contributed by atoms with Crippen LogP contribution in [0.15, 0.2) is 24.3 Å². The van der Waals surface area contributed by atoms with E-state index in [-0.39, 0.29) is 11.7 Å². The molecule has 0 heterocycles. The van der Waals surface area contributed by atoms with Crippen molar-refractivity contribution in [3.63, 3.8) is 0 Å². The number of aliphatic hydroxyl groups excluding tert-OH is 1. The van der Waals surface area contributed by atoms with E-state index in [9.17, 15) is 9.90 Å². The predicted molar refractivity (Wildman–Crippen MR) is 54.2 cm³/mol. The van der Waals surface area contributed by atoms with Crippen LogP contribution in [0.25, 0.3) is 0 Å². The van der Waals surface area contributed by atoms with Gasteiger partial charge in [-0.25, -0.2) is 0 Å². The lowest BCUT2D eigenvalue weighted by atomic mass is 10.0. The van der Waals surface area contributed by atoms with Crippen LogP contribution in [0.4, 0.5) is 0 Å². The van der Waals surface area contributed by atoms with E-state index in [2.05, 4.69) is 0 Å². The van der Waals surface area contributed by atoms with Crippen molar-refractivity contribution in [1.29, 1.82) is 0 Å². The van der Waals surface area contributed by atoms with Crippen LogP contribution < -0.4 is 0 Å². The lowest BCUT2D eigenvalue weighted by molar-refractivity contribution is 0.0704. The Morgan fingerprint density at radius 1 is 1.50 bits per heavy atom. The van der Waals surface area contributed by atoms with Crippen LogP contribution in [-0.4, -0.2) is 17.0 Å². The molecule has 0 spiro atoms. The monoisotopic (exact) mass is 190 g/mol. The number of carbonyl (C=O) groups excluding carboxylic acids is 1. The third-order valence-electron chi connectivity index (χ3n) is 2.64. The quantitative estimate of drug-likeness (QED) is 0.740. The van der Waals surface area contributed by atoms with Gasteiger partial charge in [0.05, 0.1) is 0 Å². The molecule has 0 aliphatic heterocycles. The van der Waals surface area contributed by atoms with Crippen molar-refractivity contribution in [2.45, 2.75) is 25.9 Å². The van der Waals surface area contributed by atoms with E-state index >= 15 is 0 Å². The summed E-state index contributed by atoms with van der Waals surface area (Å²) in [7, 11) is 0. The molecular weight excluding hydrogens is 176 g/mol. The molecule has 1 aliphatic rings. The molecule has 1 fully saturated rings. The average Bonchev–Trinajstić information content (AvgIpc) is 2.99. The molecule has 1 aromatic carbocycles. The topological polar surface area (TPSA) is 37.3 Å². The number of benzene rings is 1. The van der Waals surface area contributed by atoms with Crippen molar-refractivity contribution < 1.29 is 9.90 Å². The van der Waals surface area contributed by atoms with Crippen LogP contribution >= 0.6 is 0 Å². The smallest absolute Gasteiger partial charge is 0.191 e. The van der Waals surface area contributed by atoms with Gasteiger partial charge >= 0.3 is 0 Å². The van der Waals surface area contributed by atoms with Crippen LogP contribution in [-0.2, 0) is 0 Å². The van der Waals surface area contributed by atoms with E-state index in [1.54, 1.807) is 6.07 Å². The van der Waals surface area contributed by atoms with E-state index in [0.29, 0.717) is 5.56 Å². The van der Waals surface area contributed by atoms with Crippen molar-refractivity contribution in [3.05, 3.63) is 35.4 Å². The number of aliphatic hydroxyl groups is 1. The van der Waals surface area contributed by atoms with Crippen LogP contribution in [0.3, 0.4) is 0 Å². The van der Waals surface area contributed by atoms with Crippen molar-refractivity contribution >= 4 is 5.78 Å². The maximum absolute atomic E-state index is 11.7. The van der Waals surface area contributed by atoms with Gasteiger partial charge < -0.3 is 5.11 Å². The Kier molecular flexibility index (Phi) is 2.38. The maximum atomic E-state index is 11.7. The molecule has 0 saturated heterocycles. The Morgan fingerprint density at radius 2 is 2.21 bits per heavy atom. The van der Waals surface area contributed by atoms with Gasteiger partial charge in [0.15, 0.2) is 5.78 Å². The summed E-state index contributed by atoms with van der Waals surface area (Å²) < 4.78 is 0. The highest BCUT2D eigenvalue weighted by atomic mass is 16.3. The minimum atomic E-state index is -0.781. The summed E-state index contributed by atoms with van der Waals surface area (Å²) >= 11 is 0. The summed E-state index contributed by atoms with van der Waals surface area (Å²) in [5, 5.41) is 9.65. The second-order valence-corrected chi connectivity index (χ2v) is 4.02. The maximum Gasteiger partial charge on any atom is 0.191 e. The van der Waals surface area contributed by atoms with Crippen molar-refractivity contribution in [2.24, 2.45) is 5.92 Å². The van der Waals surface area contributed by atoms with Gasteiger partial charge in [-0.05, 0) is 31.7 Å². The molecule has 0 amide bonds. The molecule has 14 heavy (non-hydrogen) atoms. The van der Waals surface area contributed by atoms with Gasteiger partial charge in [0.1, 0.15) is 6.10 Å². The molecule has 2 nitrogen and oxygen atoms in total. The third kappa shape index (κ3) is 1.85. The summed E-state index contributed by atoms with van der Waals surface area (Å²) in [6.07, 6.45) is 1.19. The molecule has 1 aliphatic carbocycles. The Labute approximate surface area is 83.6 Å². The second kappa shape index (κ2) is 3.54. The van der Waals surface area contributed by atoms with E-state index in [4.69, 9.17) is 0 Å². The largest absolute Gasteiger partial charge is 0.385 e. The minimum Gasteiger partial charge on any atom is -0.385 e. The van der Waals surface area contributed by atoms with E-state index in [1.807, 2.05) is 25.1 Å². The molecule has 0 aromatic heterocycles. The number of hydrogen-bond donors (Lipinski definition) is 1. The SMILES string of the molecule is Cc1cccc(C(=O)C(O)C2CC2)c1. The lowest BCUT2D eigenvalue weighted by Gasteiger charge is -2.08. The second-order valence-electron chi connectivity index (χ2n) is 4.02. The molecule has 1 aromatic rings. The Balaban J connectivity index is 2.17. The average molecular weight is 190 g/mol. The Bertz CT molecular complexity index is 353. The number of Topliss-reactive ketones (excluding diaryl/α,β-unsaturated/α-hetero) is 1. The van der Waals surface area contributed by atoms with E-state index in [1.165, 1.54) is 0 Å². The van der Waals surface area contributed by atoms with Gasteiger partial charge in [0.2, 0.25) is 0 Å². The number of ketones is 1. The molecule has 2 rings (SSSR count). The molecule has 2 heteroatoms. The zero-order chi connectivity index (χ0) is 10.1. The van der Waals surface area contributed by atoms with E-state index < -0.39 is 6.10 Å². The fourth-order valence-electron chi connectivity index (χ4n) is 1.60. The van der Waals surface area contributed by atoms with Gasteiger partial charge in [0, 0.05) is 5.56 Å². The lowest BCUT2D eigenvalue weighted by Crippen LogP contribution is -2.22. The zero-order valence-corrected chi connectivity index (χ0v) is 8.23. The number of rotatable bonds is 3. The third-order valence-corrected chi connectivity index (χ3v) is 2.64. The van der Waals surface area contributed by atoms with Crippen LogP contribution in [0.2, 0.25) is 0 Å². The highest BCUT2D eigenvalue weighted by Gasteiger charge is 2.34. The molecule has 0 radical (unpaired) electrons. The fourth-order valence-corrected chi connectivity index (χ4v) is 1.60. The molecule has 0 bridgehead atoms. The predicted octanol–water partition coefficient (Wildman–Crippen LogP) is 1.95. The first kappa shape index (κ1) is 9.41. The zero-order valence-electron chi connectivity index (χ0n) is 8.23. The highest BCUT2D eigenvalue weighted by molar-refractivity contribution is 5.99. The first-order chi connectivity index (χ1) is 6.68. The molecule has 1 saturated carbocycles. The Hall–Kier alpha value is -1.15. The van der Waals surface area contributed by atoms with Gasteiger partial charge in [-0.3, -0.25) is 4.79 Å².